The zero-order valence-electron chi connectivity index (χ0n) is 19.6. The number of nitrogens with zero attached hydrogens (tertiary/aromatic N) is 4. The summed E-state index contributed by atoms with van der Waals surface area (Å²) >= 11 is 0. The molecule has 2 aromatic rings. The first-order valence-electron chi connectivity index (χ1n) is 11.7. The summed E-state index contributed by atoms with van der Waals surface area (Å²) in [7, 11) is 1.81. The molecule has 0 fully saturated rings. The van der Waals surface area contributed by atoms with Gasteiger partial charge in [-0.05, 0) is 51.2 Å². The summed E-state index contributed by atoms with van der Waals surface area (Å²) in [6.07, 6.45) is 7.92. The Balaban J connectivity index is 1.47. The van der Waals surface area contributed by atoms with Gasteiger partial charge in [0.05, 0.1) is 6.10 Å². The predicted octanol–water partition coefficient (Wildman–Crippen LogP) is 3.79. The van der Waals surface area contributed by atoms with Crippen molar-refractivity contribution in [3.05, 3.63) is 41.0 Å². The Bertz CT molecular complexity index is 860. The van der Waals surface area contributed by atoms with Crippen LogP contribution in [0.4, 0.5) is 0 Å². The van der Waals surface area contributed by atoms with E-state index in [2.05, 4.69) is 69.4 Å². The van der Waals surface area contributed by atoms with E-state index in [9.17, 15) is 0 Å². The fourth-order valence-electron chi connectivity index (χ4n) is 3.80. The van der Waals surface area contributed by atoms with Gasteiger partial charge < -0.3 is 19.9 Å². The van der Waals surface area contributed by atoms with Crippen LogP contribution in [-0.2, 0) is 25.9 Å². The van der Waals surface area contributed by atoms with Crippen molar-refractivity contribution in [1.29, 1.82) is 0 Å². The third kappa shape index (κ3) is 6.71. The number of rotatable bonds is 9. The van der Waals surface area contributed by atoms with E-state index in [1.807, 2.05) is 0 Å². The molecule has 170 valence electrons. The second kappa shape index (κ2) is 11.7. The summed E-state index contributed by atoms with van der Waals surface area (Å²) in [4.78, 5) is 4.37. The second-order valence-electron chi connectivity index (χ2n) is 8.40. The number of hydrogen-bond donors (Lipinski definition) is 2. The van der Waals surface area contributed by atoms with E-state index in [0.717, 1.165) is 67.7 Å². The fraction of sp³-hybridized carbons (Fsp3) is 0.625. The molecule has 1 aliphatic heterocycles. The molecule has 0 radical (unpaired) electrons. The number of ether oxygens (including phenoxy) is 1. The molecular formula is C24H38N6O. The quantitative estimate of drug-likeness (QED) is 0.362. The van der Waals surface area contributed by atoms with Crippen LogP contribution in [0.25, 0.3) is 0 Å². The van der Waals surface area contributed by atoms with Crippen molar-refractivity contribution in [2.45, 2.75) is 84.9 Å². The summed E-state index contributed by atoms with van der Waals surface area (Å²) in [5.41, 5.74) is 2.34. The number of guanidine groups is 1. The van der Waals surface area contributed by atoms with E-state index in [0.29, 0.717) is 6.54 Å². The molecule has 1 atom stereocenters. The summed E-state index contributed by atoms with van der Waals surface area (Å²) in [6.45, 7) is 8.91. The van der Waals surface area contributed by atoms with Crippen molar-refractivity contribution in [2.75, 3.05) is 13.6 Å². The molecule has 0 aliphatic carbocycles. The van der Waals surface area contributed by atoms with E-state index in [-0.39, 0.29) is 6.10 Å². The van der Waals surface area contributed by atoms with Crippen LogP contribution in [0.15, 0.2) is 23.2 Å². The Labute approximate surface area is 186 Å². The van der Waals surface area contributed by atoms with Gasteiger partial charge in [0, 0.05) is 45.1 Å². The number of hydrogen-bond acceptors (Lipinski definition) is 4. The minimum atomic E-state index is 0.199. The Morgan fingerprint density at radius 2 is 2.10 bits per heavy atom. The molecule has 2 heterocycles. The number of aliphatic imine (C=N–C) groups is 1. The summed E-state index contributed by atoms with van der Waals surface area (Å²) < 4.78 is 8.45. The molecule has 0 spiro atoms. The molecular weight excluding hydrogens is 388 g/mol. The molecule has 2 N–H and O–H groups in total. The maximum Gasteiger partial charge on any atom is 0.191 e. The lowest BCUT2D eigenvalue weighted by Crippen LogP contribution is -2.37. The van der Waals surface area contributed by atoms with Gasteiger partial charge in [0.1, 0.15) is 17.4 Å². The lowest BCUT2D eigenvalue weighted by molar-refractivity contribution is 0.215. The van der Waals surface area contributed by atoms with Gasteiger partial charge in [-0.2, -0.15) is 0 Å². The van der Waals surface area contributed by atoms with Gasteiger partial charge in [-0.25, -0.2) is 0 Å². The monoisotopic (exact) mass is 426 g/mol. The van der Waals surface area contributed by atoms with Crippen molar-refractivity contribution in [3.63, 3.8) is 0 Å². The lowest BCUT2D eigenvalue weighted by atomic mass is 10.1. The average molecular weight is 427 g/mol. The second-order valence-corrected chi connectivity index (χ2v) is 8.40. The van der Waals surface area contributed by atoms with E-state index in [1.54, 1.807) is 7.05 Å². The molecule has 1 aromatic heterocycles. The van der Waals surface area contributed by atoms with Crippen LogP contribution < -0.4 is 15.4 Å². The normalized spacial score (nSPS) is 15.2. The van der Waals surface area contributed by atoms with Gasteiger partial charge in [0.15, 0.2) is 5.96 Å². The third-order valence-corrected chi connectivity index (χ3v) is 5.85. The summed E-state index contributed by atoms with van der Waals surface area (Å²) in [5, 5.41) is 15.7. The predicted molar refractivity (Wildman–Crippen MR) is 126 cm³/mol. The largest absolute Gasteiger partial charge is 0.490 e. The van der Waals surface area contributed by atoms with E-state index < -0.39 is 0 Å². The lowest BCUT2D eigenvalue weighted by Gasteiger charge is -2.18. The van der Waals surface area contributed by atoms with Gasteiger partial charge in [-0.1, -0.05) is 25.5 Å². The van der Waals surface area contributed by atoms with Crippen LogP contribution in [0.2, 0.25) is 0 Å². The number of nitrogens with one attached hydrogen (secondary N) is 2. The first kappa shape index (κ1) is 23.1. The standard InChI is InChI=1S/C24H38N6O/c1-5-19(3)31-21-16-18(2)12-13-20(21)17-27-24(25-4)26-14-9-11-23-29-28-22-10-7-6-8-15-30(22)23/h12-13,16,19H,5-11,14-15,17H2,1-4H3,(H2,25,26,27). The maximum atomic E-state index is 6.12. The first-order valence-corrected chi connectivity index (χ1v) is 11.7. The van der Waals surface area contributed by atoms with Gasteiger partial charge in [-0.3, -0.25) is 4.99 Å². The molecule has 7 heteroatoms. The van der Waals surface area contributed by atoms with Gasteiger partial charge >= 0.3 is 0 Å². The maximum absolute atomic E-state index is 6.12. The molecule has 1 aromatic carbocycles. The van der Waals surface area contributed by atoms with Crippen molar-refractivity contribution in [3.8, 4) is 5.75 Å². The van der Waals surface area contributed by atoms with Crippen molar-refractivity contribution in [1.82, 2.24) is 25.4 Å². The number of aromatic nitrogens is 3. The van der Waals surface area contributed by atoms with Crippen LogP contribution in [0.3, 0.4) is 0 Å². The molecule has 3 rings (SSSR count). The topological polar surface area (TPSA) is 76.4 Å². The highest BCUT2D eigenvalue weighted by molar-refractivity contribution is 5.79. The van der Waals surface area contributed by atoms with Gasteiger partial charge in [-0.15, -0.1) is 10.2 Å². The smallest absolute Gasteiger partial charge is 0.191 e. The molecule has 0 amide bonds. The van der Waals surface area contributed by atoms with E-state index in [1.165, 1.54) is 24.8 Å². The van der Waals surface area contributed by atoms with Gasteiger partial charge in [0.2, 0.25) is 0 Å². The molecule has 0 saturated carbocycles. The Kier molecular flexibility index (Phi) is 8.74. The van der Waals surface area contributed by atoms with Crippen LogP contribution in [-0.4, -0.2) is 40.4 Å². The molecule has 1 aliphatic rings. The Hall–Kier alpha value is -2.57. The summed E-state index contributed by atoms with van der Waals surface area (Å²) in [5.74, 6) is 4.03. The molecule has 0 bridgehead atoms. The van der Waals surface area contributed by atoms with Gasteiger partial charge in [0.25, 0.3) is 0 Å². The fourth-order valence-corrected chi connectivity index (χ4v) is 3.80. The minimum Gasteiger partial charge on any atom is -0.490 e. The van der Waals surface area contributed by atoms with Crippen molar-refractivity contribution >= 4 is 5.96 Å². The Morgan fingerprint density at radius 3 is 2.90 bits per heavy atom. The highest BCUT2D eigenvalue weighted by Gasteiger charge is 2.14. The Morgan fingerprint density at radius 1 is 1.23 bits per heavy atom. The van der Waals surface area contributed by atoms with Crippen molar-refractivity contribution in [2.24, 2.45) is 4.99 Å². The minimum absolute atomic E-state index is 0.199. The number of aryl methyl sites for hydroxylation is 3. The highest BCUT2D eigenvalue weighted by atomic mass is 16.5. The van der Waals surface area contributed by atoms with Crippen molar-refractivity contribution < 1.29 is 4.74 Å². The molecule has 0 saturated heterocycles. The SMILES string of the molecule is CCC(C)Oc1cc(C)ccc1CNC(=NC)NCCCc1nnc2n1CCCCC2. The highest BCUT2D eigenvalue weighted by Crippen LogP contribution is 2.22. The zero-order chi connectivity index (χ0) is 22.1. The average Bonchev–Trinajstić information content (AvgIpc) is 3.00. The number of benzene rings is 1. The van der Waals surface area contributed by atoms with Crippen LogP contribution in [0.1, 0.15) is 68.7 Å². The molecule has 7 nitrogen and oxygen atoms in total. The zero-order valence-corrected chi connectivity index (χ0v) is 19.6. The molecule has 31 heavy (non-hydrogen) atoms. The van der Waals surface area contributed by atoms with E-state index in [4.69, 9.17) is 4.74 Å². The van der Waals surface area contributed by atoms with Crippen LogP contribution in [0, 0.1) is 6.92 Å². The number of fused-ring (bicyclic) bond motifs is 1. The summed E-state index contributed by atoms with van der Waals surface area (Å²) in [6, 6.07) is 6.36. The first-order chi connectivity index (χ1) is 15.1. The van der Waals surface area contributed by atoms with Crippen LogP contribution in [0.5, 0.6) is 5.75 Å². The third-order valence-electron chi connectivity index (χ3n) is 5.85. The van der Waals surface area contributed by atoms with Crippen LogP contribution >= 0.6 is 0 Å². The van der Waals surface area contributed by atoms with E-state index >= 15 is 0 Å². The molecule has 1 unspecified atom stereocenters.